The van der Waals surface area contributed by atoms with Crippen molar-refractivity contribution in [3.05, 3.63) is 24.5 Å². The lowest BCUT2D eigenvalue weighted by atomic mass is 9.82. The van der Waals surface area contributed by atoms with Crippen LogP contribution in [0.2, 0.25) is 0 Å². The van der Waals surface area contributed by atoms with E-state index in [1.807, 2.05) is 19.1 Å². The smallest absolute Gasteiger partial charge is 0.306 e. The Labute approximate surface area is 108 Å². The molecule has 1 fully saturated rings. The second kappa shape index (κ2) is 5.85. The summed E-state index contributed by atoms with van der Waals surface area (Å²) in [6.45, 7) is 3.85. The van der Waals surface area contributed by atoms with Crippen molar-refractivity contribution in [2.45, 2.75) is 26.2 Å². The average molecular weight is 248 g/mol. The quantitative estimate of drug-likeness (QED) is 0.889. The summed E-state index contributed by atoms with van der Waals surface area (Å²) >= 11 is 0. The Morgan fingerprint density at radius 1 is 1.44 bits per heavy atom. The average Bonchev–Trinajstić information content (AvgIpc) is 2.41. The number of carbonyl (C=O) groups is 1. The highest BCUT2D eigenvalue weighted by Crippen LogP contribution is 2.29. The monoisotopic (exact) mass is 248 g/mol. The van der Waals surface area contributed by atoms with Crippen LogP contribution in [0.4, 0.5) is 5.69 Å². The third-order valence-electron chi connectivity index (χ3n) is 3.89. The van der Waals surface area contributed by atoms with E-state index in [-0.39, 0.29) is 5.92 Å². The van der Waals surface area contributed by atoms with Gasteiger partial charge < -0.3 is 10.0 Å². The first-order valence-corrected chi connectivity index (χ1v) is 6.60. The fraction of sp³-hybridized carbons (Fsp3) is 0.571. The van der Waals surface area contributed by atoms with Gasteiger partial charge in [0.15, 0.2) is 0 Å². The molecular weight excluding hydrogens is 228 g/mol. The van der Waals surface area contributed by atoms with Gasteiger partial charge in [-0.3, -0.25) is 9.78 Å². The van der Waals surface area contributed by atoms with E-state index >= 15 is 0 Å². The number of hydrogen-bond donors (Lipinski definition) is 1. The first-order valence-electron chi connectivity index (χ1n) is 6.60. The van der Waals surface area contributed by atoms with Gasteiger partial charge in [0, 0.05) is 31.2 Å². The molecule has 0 radical (unpaired) electrons. The lowest BCUT2D eigenvalue weighted by Crippen LogP contribution is -2.37. The minimum Gasteiger partial charge on any atom is -0.481 e. The number of aromatic nitrogens is 1. The Kier molecular flexibility index (Phi) is 4.18. The Balaban J connectivity index is 1.94. The largest absolute Gasteiger partial charge is 0.481 e. The van der Waals surface area contributed by atoms with E-state index in [4.69, 9.17) is 0 Å². The first kappa shape index (κ1) is 12.9. The summed E-state index contributed by atoms with van der Waals surface area (Å²) in [6, 6.07) is 4.02. The van der Waals surface area contributed by atoms with Crippen molar-refractivity contribution in [1.82, 2.24) is 4.98 Å². The maximum absolute atomic E-state index is 11.2. The summed E-state index contributed by atoms with van der Waals surface area (Å²) in [5, 5.41) is 9.19. The van der Waals surface area contributed by atoms with E-state index in [0.29, 0.717) is 5.92 Å². The molecule has 0 saturated carbocycles. The van der Waals surface area contributed by atoms with Crippen LogP contribution in [0.3, 0.4) is 0 Å². The molecule has 0 aliphatic carbocycles. The van der Waals surface area contributed by atoms with Crippen LogP contribution in [-0.2, 0) is 4.79 Å². The number of aliphatic carboxylic acids is 1. The number of carboxylic acids is 1. The Morgan fingerprint density at radius 3 is 2.56 bits per heavy atom. The van der Waals surface area contributed by atoms with Crippen molar-refractivity contribution in [2.75, 3.05) is 18.0 Å². The maximum Gasteiger partial charge on any atom is 0.306 e. The highest BCUT2D eigenvalue weighted by Gasteiger charge is 2.29. The molecule has 1 aliphatic heterocycles. The molecule has 0 amide bonds. The van der Waals surface area contributed by atoms with Gasteiger partial charge in [-0.1, -0.05) is 6.92 Å². The van der Waals surface area contributed by atoms with Crippen LogP contribution >= 0.6 is 0 Å². The van der Waals surface area contributed by atoms with Crippen molar-refractivity contribution in [3.8, 4) is 0 Å². The van der Waals surface area contributed by atoms with Gasteiger partial charge in [-0.25, -0.2) is 0 Å². The number of anilines is 1. The van der Waals surface area contributed by atoms with E-state index in [0.717, 1.165) is 32.4 Å². The first-order chi connectivity index (χ1) is 8.72. The topological polar surface area (TPSA) is 53.4 Å². The second-order valence-electron chi connectivity index (χ2n) is 4.88. The van der Waals surface area contributed by atoms with Crippen molar-refractivity contribution < 1.29 is 9.90 Å². The molecule has 2 rings (SSSR count). The lowest BCUT2D eigenvalue weighted by molar-refractivity contribution is -0.144. The summed E-state index contributed by atoms with van der Waals surface area (Å²) in [5.74, 6) is -0.491. The summed E-state index contributed by atoms with van der Waals surface area (Å²) in [5.41, 5.74) is 1.19. The minimum atomic E-state index is -0.639. The van der Waals surface area contributed by atoms with Crippen LogP contribution in [-0.4, -0.2) is 29.1 Å². The Hall–Kier alpha value is -1.58. The third-order valence-corrected chi connectivity index (χ3v) is 3.89. The molecule has 0 bridgehead atoms. The van der Waals surface area contributed by atoms with E-state index < -0.39 is 5.97 Å². The predicted octanol–water partition coefficient (Wildman–Crippen LogP) is 2.41. The highest BCUT2D eigenvalue weighted by molar-refractivity contribution is 5.70. The van der Waals surface area contributed by atoms with Crippen molar-refractivity contribution in [3.63, 3.8) is 0 Å². The SMILES string of the molecule is CCC(C(=O)O)C1CCN(c2ccncc2)CC1. The van der Waals surface area contributed by atoms with Gasteiger partial charge >= 0.3 is 5.97 Å². The molecule has 4 heteroatoms. The number of piperidine rings is 1. The van der Waals surface area contributed by atoms with Gasteiger partial charge in [0.05, 0.1) is 5.92 Å². The molecule has 4 nitrogen and oxygen atoms in total. The summed E-state index contributed by atoms with van der Waals surface area (Å²) in [4.78, 5) is 17.5. The van der Waals surface area contributed by atoms with E-state index in [9.17, 15) is 9.90 Å². The second-order valence-corrected chi connectivity index (χ2v) is 4.88. The Morgan fingerprint density at radius 2 is 2.06 bits per heavy atom. The van der Waals surface area contributed by atoms with Crippen molar-refractivity contribution in [1.29, 1.82) is 0 Å². The normalized spacial score (nSPS) is 18.6. The highest BCUT2D eigenvalue weighted by atomic mass is 16.4. The fourth-order valence-electron chi connectivity index (χ4n) is 2.82. The van der Waals surface area contributed by atoms with Crippen LogP contribution in [0, 0.1) is 11.8 Å². The van der Waals surface area contributed by atoms with Crippen LogP contribution in [0.15, 0.2) is 24.5 Å². The summed E-state index contributed by atoms with van der Waals surface area (Å²) in [7, 11) is 0. The standard InChI is InChI=1S/C14H20N2O2/c1-2-13(14(17)18)11-5-9-16(10-6-11)12-3-7-15-8-4-12/h3-4,7-8,11,13H,2,5-6,9-10H2,1H3,(H,17,18). The number of hydrogen-bond acceptors (Lipinski definition) is 3. The molecule has 98 valence electrons. The molecule has 1 aromatic rings. The van der Waals surface area contributed by atoms with Crippen LogP contribution in [0.1, 0.15) is 26.2 Å². The van der Waals surface area contributed by atoms with Crippen molar-refractivity contribution in [2.24, 2.45) is 11.8 Å². The molecule has 2 heterocycles. The van der Waals surface area contributed by atoms with Gasteiger partial charge in [0.2, 0.25) is 0 Å². The molecular formula is C14H20N2O2. The molecule has 1 saturated heterocycles. The van der Waals surface area contributed by atoms with E-state index in [1.165, 1.54) is 5.69 Å². The minimum absolute atomic E-state index is 0.176. The molecule has 1 aliphatic rings. The number of rotatable bonds is 4. The molecule has 18 heavy (non-hydrogen) atoms. The van der Waals surface area contributed by atoms with Gasteiger partial charge in [0.1, 0.15) is 0 Å². The zero-order valence-electron chi connectivity index (χ0n) is 10.7. The zero-order chi connectivity index (χ0) is 13.0. The molecule has 0 aromatic carbocycles. The number of nitrogens with zero attached hydrogens (tertiary/aromatic N) is 2. The summed E-state index contributed by atoms with van der Waals surface area (Å²) < 4.78 is 0. The zero-order valence-corrected chi connectivity index (χ0v) is 10.7. The molecule has 1 aromatic heterocycles. The van der Waals surface area contributed by atoms with Gasteiger partial charge in [0.25, 0.3) is 0 Å². The van der Waals surface area contributed by atoms with E-state index in [2.05, 4.69) is 9.88 Å². The van der Waals surface area contributed by atoms with Gasteiger partial charge in [-0.15, -0.1) is 0 Å². The van der Waals surface area contributed by atoms with Gasteiger partial charge in [-0.2, -0.15) is 0 Å². The van der Waals surface area contributed by atoms with Crippen LogP contribution in [0.25, 0.3) is 0 Å². The Bertz CT molecular complexity index is 386. The predicted molar refractivity (Wildman–Crippen MR) is 70.6 cm³/mol. The number of carboxylic acid groups (broad SMARTS) is 1. The van der Waals surface area contributed by atoms with E-state index in [1.54, 1.807) is 12.4 Å². The lowest BCUT2D eigenvalue weighted by Gasteiger charge is -2.35. The molecule has 0 spiro atoms. The van der Waals surface area contributed by atoms with Crippen LogP contribution < -0.4 is 4.90 Å². The molecule has 1 atom stereocenters. The van der Waals surface area contributed by atoms with Gasteiger partial charge in [-0.05, 0) is 37.3 Å². The van der Waals surface area contributed by atoms with Crippen LogP contribution in [0.5, 0.6) is 0 Å². The number of pyridine rings is 1. The third kappa shape index (κ3) is 2.81. The molecule has 1 N–H and O–H groups in total. The summed E-state index contributed by atoms with van der Waals surface area (Å²) in [6.07, 6.45) is 6.26. The fourth-order valence-corrected chi connectivity index (χ4v) is 2.82. The molecule has 1 unspecified atom stereocenters. The van der Waals surface area contributed by atoms with Crippen molar-refractivity contribution >= 4 is 11.7 Å². The maximum atomic E-state index is 11.2.